The molecule has 1 aliphatic rings. The molecule has 0 aliphatic carbocycles. The van der Waals surface area contributed by atoms with Gasteiger partial charge in [-0.1, -0.05) is 6.92 Å². The number of hydrogen-bond donors (Lipinski definition) is 2. The highest BCUT2D eigenvalue weighted by atomic mass is 16.5. The summed E-state index contributed by atoms with van der Waals surface area (Å²) in [7, 11) is 1.65. The average molecular weight is 216 g/mol. The van der Waals surface area contributed by atoms with E-state index in [9.17, 15) is 4.79 Å². The number of nitrogens with one attached hydrogen (secondary N) is 1. The molecular formula is C10H20N2O3. The van der Waals surface area contributed by atoms with Gasteiger partial charge in [0.2, 0.25) is 5.91 Å². The molecule has 0 saturated carbocycles. The maximum absolute atomic E-state index is 11.7. The van der Waals surface area contributed by atoms with E-state index in [4.69, 9.17) is 15.2 Å². The number of nitrogens with two attached hydrogens (primary N) is 1. The average Bonchev–Trinajstić information content (AvgIpc) is 2.61. The lowest BCUT2D eigenvalue weighted by Gasteiger charge is -2.16. The first-order valence-corrected chi connectivity index (χ1v) is 5.25. The minimum absolute atomic E-state index is 0.0112. The molecule has 5 nitrogen and oxygen atoms in total. The quantitative estimate of drug-likeness (QED) is 0.641. The van der Waals surface area contributed by atoms with Crippen molar-refractivity contribution in [3.8, 4) is 0 Å². The van der Waals surface area contributed by atoms with Crippen LogP contribution in [0.3, 0.4) is 0 Å². The van der Waals surface area contributed by atoms with Gasteiger partial charge in [0, 0.05) is 19.7 Å². The smallest absolute Gasteiger partial charge is 0.227 e. The number of ether oxygens (including phenoxy) is 2. The maximum atomic E-state index is 11.7. The van der Waals surface area contributed by atoms with E-state index < -0.39 is 0 Å². The zero-order valence-electron chi connectivity index (χ0n) is 9.36. The predicted molar refractivity (Wildman–Crippen MR) is 56.3 cm³/mol. The lowest BCUT2D eigenvalue weighted by Crippen LogP contribution is -2.42. The molecule has 3 atom stereocenters. The summed E-state index contributed by atoms with van der Waals surface area (Å²) >= 11 is 0. The van der Waals surface area contributed by atoms with Gasteiger partial charge >= 0.3 is 0 Å². The number of amides is 1. The van der Waals surface area contributed by atoms with Crippen molar-refractivity contribution in [3.05, 3.63) is 0 Å². The Labute approximate surface area is 90.3 Å². The largest absolute Gasteiger partial charge is 0.384 e. The molecule has 1 fully saturated rings. The molecule has 1 amide bonds. The Balaban J connectivity index is 2.23. The summed E-state index contributed by atoms with van der Waals surface area (Å²) in [6.45, 7) is 4.20. The summed E-state index contributed by atoms with van der Waals surface area (Å²) in [5.41, 5.74) is 5.73. The fraction of sp³-hybridized carbons (Fsp3) is 0.900. The molecule has 1 aliphatic heterocycles. The Hall–Kier alpha value is -0.650. The van der Waals surface area contributed by atoms with E-state index in [1.54, 1.807) is 7.11 Å². The van der Waals surface area contributed by atoms with Gasteiger partial charge in [-0.3, -0.25) is 4.79 Å². The fourth-order valence-electron chi connectivity index (χ4n) is 1.59. The number of hydrogen-bond acceptors (Lipinski definition) is 4. The van der Waals surface area contributed by atoms with Crippen LogP contribution in [0.2, 0.25) is 0 Å². The van der Waals surface area contributed by atoms with Gasteiger partial charge in [0.1, 0.15) is 0 Å². The zero-order chi connectivity index (χ0) is 11.3. The first-order chi connectivity index (χ1) is 7.15. The molecule has 1 saturated heterocycles. The second kappa shape index (κ2) is 6.05. The molecule has 0 radical (unpaired) electrons. The summed E-state index contributed by atoms with van der Waals surface area (Å²) < 4.78 is 10.1. The Morgan fingerprint density at radius 3 is 2.93 bits per heavy atom. The lowest BCUT2D eigenvalue weighted by atomic mass is 10.0. The van der Waals surface area contributed by atoms with Crippen LogP contribution in [0.4, 0.5) is 0 Å². The maximum Gasteiger partial charge on any atom is 0.227 e. The van der Waals surface area contributed by atoms with Gasteiger partial charge in [0.05, 0.1) is 25.7 Å². The molecule has 0 aromatic heterocycles. The van der Waals surface area contributed by atoms with Gasteiger partial charge in [-0.25, -0.2) is 0 Å². The van der Waals surface area contributed by atoms with Crippen LogP contribution >= 0.6 is 0 Å². The van der Waals surface area contributed by atoms with Crippen LogP contribution in [0.25, 0.3) is 0 Å². The zero-order valence-corrected chi connectivity index (χ0v) is 9.36. The first kappa shape index (κ1) is 12.4. The lowest BCUT2D eigenvalue weighted by molar-refractivity contribution is -0.125. The van der Waals surface area contributed by atoms with Gasteiger partial charge < -0.3 is 20.5 Å². The van der Waals surface area contributed by atoms with Crippen LogP contribution in [-0.4, -0.2) is 45.4 Å². The van der Waals surface area contributed by atoms with E-state index in [0.29, 0.717) is 32.3 Å². The van der Waals surface area contributed by atoms with Crippen LogP contribution < -0.4 is 11.1 Å². The molecule has 0 aromatic carbocycles. The minimum atomic E-state index is -0.195. The second-order valence-electron chi connectivity index (χ2n) is 4.11. The summed E-state index contributed by atoms with van der Waals surface area (Å²) in [4.78, 5) is 11.7. The molecule has 0 bridgehead atoms. The monoisotopic (exact) mass is 216 g/mol. The summed E-state index contributed by atoms with van der Waals surface area (Å²) in [5, 5.41) is 2.86. The van der Waals surface area contributed by atoms with E-state index in [-0.39, 0.29) is 17.9 Å². The van der Waals surface area contributed by atoms with Crippen molar-refractivity contribution < 1.29 is 14.3 Å². The van der Waals surface area contributed by atoms with Crippen molar-refractivity contribution in [3.63, 3.8) is 0 Å². The molecule has 15 heavy (non-hydrogen) atoms. The second-order valence-corrected chi connectivity index (χ2v) is 4.11. The topological polar surface area (TPSA) is 73.6 Å². The molecule has 0 aromatic rings. The molecule has 0 spiro atoms. The van der Waals surface area contributed by atoms with E-state index >= 15 is 0 Å². The molecule has 88 valence electrons. The van der Waals surface area contributed by atoms with Crippen molar-refractivity contribution in [1.29, 1.82) is 0 Å². The Morgan fingerprint density at radius 2 is 2.40 bits per heavy atom. The summed E-state index contributed by atoms with van der Waals surface area (Å²) in [5.74, 6) is 0.111. The third-order valence-corrected chi connectivity index (χ3v) is 2.54. The molecule has 5 heteroatoms. The number of carbonyl (C=O) groups excluding carboxylic acids is 1. The van der Waals surface area contributed by atoms with Gasteiger partial charge in [0.25, 0.3) is 0 Å². The van der Waals surface area contributed by atoms with Crippen molar-refractivity contribution in [2.45, 2.75) is 13.0 Å². The summed E-state index contributed by atoms with van der Waals surface area (Å²) in [6, 6.07) is -0.164. The first-order valence-electron chi connectivity index (χ1n) is 5.25. The molecular weight excluding hydrogens is 196 g/mol. The summed E-state index contributed by atoms with van der Waals surface area (Å²) in [6.07, 6.45) is 0. The van der Waals surface area contributed by atoms with E-state index in [0.717, 1.165) is 0 Å². The SMILES string of the molecule is COCC(C)CNC(=O)C1COCC1N. The van der Waals surface area contributed by atoms with Crippen molar-refractivity contribution >= 4 is 5.91 Å². The van der Waals surface area contributed by atoms with Crippen LogP contribution in [-0.2, 0) is 14.3 Å². The number of carbonyl (C=O) groups is 1. The highest BCUT2D eigenvalue weighted by Crippen LogP contribution is 2.11. The Morgan fingerprint density at radius 1 is 1.67 bits per heavy atom. The Bertz CT molecular complexity index is 211. The van der Waals surface area contributed by atoms with E-state index in [1.165, 1.54) is 0 Å². The van der Waals surface area contributed by atoms with Crippen LogP contribution in [0, 0.1) is 11.8 Å². The third-order valence-electron chi connectivity index (χ3n) is 2.54. The molecule has 3 N–H and O–H groups in total. The third kappa shape index (κ3) is 3.77. The number of methoxy groups -OCH3 is 1. The number of rotatable bonds is 5. The molecule has 1 rings (SSSR count). The van der Waals surface area contributed by atoms with E-state index in [1.807, 2.05) is 6.92 Å². The Kier molecular flexibility index (Phi) is 5.01. The highest BCUT2D eigenvalue weighted by molar-refractivity contribution is 5.79. The van der Waals surface area contributed by atoms with Crippen molar-refractivity contribution in [2.75, 3.05) is 33.5 Å². The van der Waals surface area contributed by atoms with Crippen molar-refractivity contribution in [1.82, 2.24) is 5.32 Å². The fourth-order valence-corrected chi connectivity index (χ4v) is 1.59. The normalized spacial score (nSPS) is 27.7. The van der Waals surface area contributed by atoms with Crippen LogP contribution in [0.5, 0.6) is 0 Å². The molecule has 1 heterocycles. The van der Waals surface area contributed by atoms with E-state index in [2.05, 4.69) is 5.32 Å². The van der Waals surface area contributed by atoms with Crippen molar-refractivity contribution in [2.24, 2.45) is 17.6 Å². The van der Waals surface area contributed by atoms with Crippen LogP contribution in [0.15, 0.2) is 0 Å². The standard InChI is InChI=1S/C10H20N2O3/c1-7(4-14-2)3-12-10(13)8-5-15-6-9(8)11/h7-9H,3-6,11H2,1-2H3,(H,12,13). The minimum Gasteiger partial charge on any atom is -0.384 e. The molecule has 3 unspecified atom stereocenters. The van der Waals surface area contributed by atoms with Gasteiger partial charge in [-0.2, -0.15) is 0 Å². The van der Waals surface area contributed by atoms with Gasteiger partial charge in [0.15, 0.2) is 0 Å². The highest BCUT2D eigenvalue weighted by Gasteiger charge is 2.31. The van der Waals surface area contributed by atoms with Gasteiger partial charge in [-0.15, -0.1) is 0 Å². The predicted octanol–water partition coefficient (Wildman–Crippen LogP) is -0.641. The van der Waals surface area contributed by atoms with Crippen LogP contribution in [0.1, 0.15) is 6.92 Å². The van der Waals surface area contributed by atoms with Gasteiger partial charge in [-0.05, 0) is 5.92 Å².